The monoisotopic (exact) mass is 400 g/mol. The van der Waals surface area contributed by atoms with Crippen molar-refractivity contribution in [2.24, 2.45) is 0 Å². The van der Waals surface area contributed by atoms with Gasteiger partial charge in [-0.2, -0.15) is 0 Å². The number of hydrogen-bond donors (Lipinski definition) is 1. The molecule has 2 aromatic carbocycles. The van der Waals surface area contributed by atoms with E-state index in [9.17, 15) is 13.6 Å². The summed E-state index contributed by atoms with van der Waals surface area (Å²) < 4.78 is 33.7. The van der Waals surface area contributed by atoms with Crippen LogP contribution >= 0.6 is 11.3 Å². The number of anilines is 2. The van der Waals surface area contributed by atoms with E-state index in [1.54, 1.807) is 42.5 Å². The zero-order valence-corrected chi connectivity index (χ0v) is 15.8. The summed E-state index contributed by atoms with van der Waals surface area (Å²) in [6.45, 7) is 2.41. The number of nitrogens with zero attached hydrogens (tertiary/aromatic N) is 1. The summed E-state index contributed by atoms with van der Waals surface area (Å²) in [6, 6.07) is 14.4. The second kappa shape index (κ2) is 8.08. The van der Waals surface area contributed by atoms with Gasteiger partial charge in [-0.3, -0.25) is 4.79 Å². The highest BCUT2D eigenvalue weighted by atomic mass is 32.1. The minimum atomic E-state index is -0.391. The molecule has 1 aromatic heterocycles. The Morgan fingerprint density at radius 2 is 1.79 bits per heavy atom. The molecule has 0 spiro atoms. The molecular formula is C21H18F2N2O2S. The van der Waals surface area contributed by atoms with E-state index in [1.807, 2.05) is 4.90 Å². The first kappa shape index (κ1) is 18.6. The third-order valence-corrected chi connectivity index (χ3v) is 5.64. The van der Waals surface area contributed by atoms with Gasteiger partial charge < -0.3 is 15.0 Å². The second-order valence-electron chi connectivity index (χ2n) is 6.36. The fraction of sp³-hybridized carbons (Fsp3) is 0.190. The largest absolute Gasteiger partial charge is 0.378 e. The molecule has 4 nitrogen and oxygen atoms in total. The lowest BCUT2D eigenvalue weighted by Gasteiger charge is -2.29. The fourth-order valence-electron chi connectivity index (χ4n) is 3.10. The van der Waals surface area contributed by atoms with Gasteiger partial charge >= 0.3 is 0 Å². The van der Waals surface area contributed by atoms with Crippen molar-refractivity contribution >= 4 is 28.6 Å². The predicted molar refractivity (Wildman–Crippen MR) is 107 cm³/mol. The number of carbonyl (C=O) groups is 1. The molecule has 1 aliphatic heterocycles. The lowest BCUT2D eigenvalue weighted by molar-refractivity contribution is 0.103. The van der Waals surface area contributed by atoms with E-state index in [2.05, 4.69) is 5.32 Å². The molecule has 0 aliphatic carbocycles. The van der Waals surface area contributed by atoms with E-state index in [-0.39, 0.29) is 11.7 Å². The Balaban J connectivity index is 1.48. The van der Waals surface area contributed by atoms with Gasteiger partial charge in [0, 0.05) is 29.2 Å². The van der Waals surface area contributed by atoms with Gasteiger partial charge in [0.15, 0.2) is 0 Å². The Morgan fingerprint density at radius 1 is 1.00 bits per heavy atom. The third kappa shape index (κ3) is 3.90. The Hall–Kier alpha value is -2.77. The quantitative estimate of drug-likeness (QED) is 0.685. The summed E-state index contributed by atoms with van der Waals surface area (Å²) in [7, 11) is 0. The molecule has 1 aliphatic rings. The van der Waals surface area contributed by atoms with Crippen molar-refractivity contribution in [3.8, 4) is 10.4 Å². The van der Waals surface area contributed by atoms with Gasteiger partial charge in [-0.1, -0.05) is 18.2 Å². The summed E-state index contributed by atoms with van der Waals surface area (Å²) in [6.07, 6.45) is 0. The maximum absolute atomic E-state index is 14.5. The molecule has 1 amide bonds. The molecule has 28 heavy (non-hydrogen) atoms. The van der Waals surface area contributed by atoms with E-state index in [4.69, 9.17) is 4.74 Å². The first-order chi connectivity index (χ1) is 13.6. The van der Waals surface area contributed by atoms with Crippen LogP contribution in [0.25, 0.3) is 10.4 Å². The average Bonchev–Trinajstić information content (AvgIpc) is 3.19. The summed E-state index contributed by atoms with van der Waals surface area (Å²) >= 11 is 1.19. The van der Waals surface area contributed by atoms with E-state index in [0.29, 0.717) is 53.0 Å². The van der Waals surface area contributed by atoms with Crippen molar-refractivity contribution in [1.82, 2.24) is 0 Å². The Bertz CT molecular complexity index is 1000. The zero-order valence-electron chi connectivity index (χ0n) is 15.0. The van der Waals surface area contributed by atoms with Gasteiger partial charge in [-0.05, 0) is 36.4 Å². The average molecular weight is 400 g/mol. The first-order valence-corrected chi connectivity index (χ1v) is 9.72. The van der Waals surface area contributed by atoms with Crippen LogP contribution in [0.4, 0.5) is 20.2 Å². The number of amides is 1. The Kier molecular flexibility index (Phi) is 5.36. The zero-order chi connectivity index (χ0) is 19.5. The van der Waals surface area contributed by atoms with Gasteiger partial charge in [-0.25, -0.2) is 8.78 Å². The number of thiophene rings is 1. The second-order valence-corrected chi connectivity index (χ2v) is 7.45. The van der Waals surface area contributed by atoms with Crippen molar-refractivity contribution < 1.29 is 18.3 Å². The van der Waals surface area contributed by atoms with E-state index in [0.717, 1.165) is 0 Å². The van der Waals surface area contributed by atoms with Gasteiger partial charge in [0.1, 0.15) is 11.6 Å². The normalized spacial score (nSPS) is 14.1. The highest BCUT2D eigenvalue weighted by Gasteiger charge is 2.17. The molecule has 1 N–H and O–H groups in total. The van der Waals surface area contributed by atoms with Crippen LogP contribution in [0.1, 0.15) is 9.67 Å². The third-order valence-electron chi connectivity index (χ3n) is 4.53. The van der Waals surface area contributed by atoms with E-state index in [1.165, 1.54) is 23.5 Å². The number of nitrogens with one attached hydrogen (secondary N) is 1. The molecule has 4 rings (SSSR count). The summed E-state index contributed by atoms with van der Waals surface area (Å²) in [4.78, 5) is 15.5. The first-order valence-electron chi connectivity index (χ1n) is 8.90. The van der Waals surface area contributed by atoms with Crippen molar-refractivity contribution in [2.45, 2.75) is 0 Å². The van der Waals surface area contributed by atoms with Gasteiger partial charge in [0.2, 0.25) is 0 Å². The van der Waals surface area contributed by atoms with Crippen LogP contribution in [0, 0.1) is 11.6 Å². The van der Waals surface area contributed by atoms with E-state index < -0.39 is 5.82 Å². The Labute approximate surface area is 165 Å². The van der Waals surface area contributed by atoms with Crippen LogP contribution in [-0.2, 0) is 4.74 Å². The lowest BCUT2D eigenvalue weighted by atomic mass is 10.2. The van der Waals surface area contributed by atoms with Crippen LogP contribution in [0.5, 0.6) is 0 Å². The predicted octanol–water partition coefficient (Wildman–Crippen LogP) is 4.78. The minimum Gasteiger partial charge on any atom is -0.378 e. The number of hydrogen-bond acceptors (Lipinski definition) is 4. The van der Waals surface area contributed by atoms with Gasteiger partial charge in [0.05, 0.1) is 23.8 Å². The molecule has 0 radical (unpaired) electrons. The number of halogens is 2. The SMILES string of the molecule is O=C(Nc1ccc(N2CCOCC2)c(F)c1)c1ccc(-c2ccccc2F)s1. The molecule has 2 heterocycles. The maximum Gasteiger partial charge on any atom is 0.265 e. The highest BCUT2D eigenvalue weighted by Crippen LogP contribution is 2.31. The van der Waals surface area contributed by atoms with Crippen LogP contribution in [0.3, 0.4) is 0 Å². The highest BCUT2D eigenvalue weighted by molar-refractivity contribution is 7.17. The van der Waals surface area contributed by atoms with Crippen molar-refractivity contribution in [3.63, 3.8) is 0 Å². The van der Waals surface area contributed by atoms with Crippen molar-refractivity contribution in [1.29, 1.82) is 0 Å². The summed E-state index contributed by atoms with van der Waals surface area (Å²) in [5, 5.41) is 2.70. The van der Waals surface area contributed by atoms with Crippen molar-refractivity contribution in [2.75, 3.05) is 36.5 Å². The number of ether oxygens (including phenoxy) is 1. The topological polar surface area (TPSA) is 41.6 Å². The molecule has 0 saturated carbocycles. The smallest absolute Gasteiger partial charge is 0.265 e. The van der Waals surface area contributed by atoms with Gasteiger partial charge in [-0.15, -0.1) is 11.3 Å². The molecule has 0 atom stereocenters. The van der Waals surface area contributed by atoms with Crippen LogP contribution in [-0.4, -0.2) is 32.2 Å². The van der Waals surface area contributed by atoms with Gasteiger partial charge in [0.25, 0.3) is 5.91 Å². The molecule has 0 bridgehead atoms. The van der Waals surface area contributed by atoms with Crippen molar-refractivity contribution in [3.05, 3.63) is 71.1 Å². The minimum absolute atomic E-state index is 0.336. The molecule has 7 heteroatoms. The van der Waals surface area contributed by atoms with E-state index >= 15 is 0 Å². The number of carbonyl (C=O) groups excluding carboxylic acids is 1. The summed E-state index contributed by atoms with van der Waals surface area (Å²) in [5.41, 5.74) is 1.33. The lowest BCUT2D eigenvalue weighted by Crippen LogP contribution is -2.36. The Morgan fingerprint density at radius 3 is 2.54 bits per heavy atom. The fourth-order valence-corrected chi connectivity index (χ4v) is 4.03. The summed E-state index contributed by atoms with van der Waals surface area (Å²) in [5.74, 6) is -1.08. The molecule has 1 saturated heterocycles. The molecule has 3 aromatic rings. The maximum atomic E-state index is 14.5. The number of benzene rings is 2. The van der Waals surface area contributed by atoms with Crippen LogP contribution in [0.2, 0.25) is 0 Å². The number of rotatable bonds is 4. The molecular weight excluding hydrogens is 382 g/mol. The molecule has 1 fully saturated rings. The van der Waals surface area contributed by atoms with Crippen LogP contribution < -0.4 is 10.2 Å². The molecule has 144 valence electrons. The molecule has 0 unspecified atom stereocenters. The number of morpholine rings is 1. The standard InChI is InChI=1S/C21H18F2N2O2S/c22-16-4-2-1-3-15(16)19-7-8-20(28-19)21(26)24-14-5-6-18(17(23)13-14)25-9-11-27-12-10-25/h1-8,13H,9-12H2,(H,24,26). The van der Waals surface area contributed by atoms with Crippen LogP contribution in [0.15, 0.2) is 54.6 Å².